The zero-order valence-corrected chi connectivity index (χ0v) is 13.5. The van der Waals surface area contributed by atoms with Gasteiger partial charge >= 0.3 is 6.03 Å². The van der Waals surface area contributed by atoms with Gasteiger partial charge in [-0.05, 0) is 49.7 Å². The highest BCUT2D eigenvalue weighted by atomic mass is 35.5. The van der Waals surface area contributed by atoms with Crippen LogP contribution in [0, 0.1) is 12.7 Å². The van der Waals surface area contributed by atoms with Crippen LogP contribution in [-0.2, 0) is 0 Å². The van der Waals surface area contributed by atoms with Gasteiger partial charge in [-0.15, -0.1) is 0 Å². The predicted molar refractivity (Wildman–Crippen MR) is 89.0 cm³/mol. The van der Waals surface area contributed by atoms with Crippen LogP contribution in [0.1, 0.15) is 12.5 Å². The maximum absolute atomic E-state index is 13.6. The summed E-state index contributed by atoms with van der Waals surface area (Å²) >= 11 is 6.02. The summed E-state index contributed by atoms with van der Waals surface area (Å²) in [4.78, 5) is 14.1. The van der Waals surface area contributed by atoms with Gasteiger partial charge < -0.3 is 10.1 Å². The second-order valence-electron chi connectivity index (χ2n) is 5.55. The number of fused-ring (bicyclic) bond motifs is 1. The third kappa shape index (κ3) is 3.24. The number of halogens is 2. The van der Waals surface area contributed by atoms with Gasteiger partial charge in [0.05, 0.1) is 12.2 Å². The molecule has 0 saturated carbocycles. The lowest BCUT2D eigenvalue weighted by Gasteiger charge is -2.33. The molecular formula is C17H16ClFN2O2. The van der Waals surface area contributed by atoms with Crippen molar-refractivity contribution in [2.75, 3.05) is 16.8 Å². The number of carbonyl (C=O) groups excluding carboxylic acids is 1. The van der Waals surface area contributed by atoms with Crippen LogP contribution in [-0.4, -0.2) is 18.7 Å². The fraction of sp³-hybridized carbons (Fsp3) is 0.235. The van der Waals surface area contributed by atoms with Crippen LogP contribution in [0.5, 0.6) is 5.75 Å². The van der Waals surface area contributed by atoms with E-state index in [-0.39, 0.29) is 18.0 Å². The Labute approximate surface area is 138 Å². The molecule has 120 valence electrons. The molecule has 2 amide bonds. The van der Waals surface area contributed by atoms with Crippen molar-refractivity contribution in [1.82, 2.24) is 0 Å². The van der Waals surface area contributed by atoms with Gasteiger partial charge in [0.15, 0.2) is 0 Å². The number of urea groups is 1. The zero-order valence-electron chi connectivity index (χ0n) is 12.8. The van der Waals surface area contributed by atoms with Crippen molar-refractivity contribution >= 4 is 29.0 Å². The number of carbonyl (C=O) groups is 1. The highest BCUT2D eigenvalue weighted by molar-refractivity contribution is 6.31. The first kappa shape index (κ1) is 15.6. The average molecular weight is 335 g/mol. The number of nitrogens with zero attached hydrogens (tertiary/aromatic N) is 1. The molecule has 0 spiro atoms. The SMILES string of the molecule is Cc1ccc(NC(=O)N2C[C@H](C)Oc3ccc(Cl)cc32)cc1F. The highest BCUT2D eigenvalue weighted by Gasteiger charge is 2.28. The van der Waals surface area contributed by atoms with E-state index in [2.05, 4.69) is 5.32 Å². The van der Waals surface area contributed by atoms with Gasteiger partial charge in [-0.1, -0.05) is 17.7 Å². The molecular weight excluding hydrogens is 319 g/mol. The lowest BCUT2D eigenvalue weighted by Crippen LogP contribution is -2.44. The molecule has 1 heterocycles. The van der Waals surface area contributed by atoms with Crippen molar-refractivity contribution in [3.8, 4) is 5.75 Å². The van der Waals surface area contributed by atoms with E-state index in [1.807, 2.05) is 6.92 Å². The Bertz CT molecular complexity index is 766. The van der Waals surface area contributed by atoms with Crippen molar-refractivity contribution in [1.29, 1.82) is 0 Å². The number of hydrogen-bond acceptors (Lipinski definition) is 2. The van der Waals surface area contributed by atoms with Crippen molar-refractivity contribution in [2.45, 2.75) is 20.0 Å². The van der Waals surface area contributed by atoms with Gasteiger partial charge in [0.25, 0.3) is 0 Å². The molecule has 0 radical (unpaired) electrons. The molecule has 4 nitrogen and oxygen atoms in total. The number of rotatable bonds is 1. The molecule has 0 bridgehead atoms. The van der Waals surface area contributed by atoms with E-state index in [1.54, 1.807) is 42.2 Å². The minimum atomic E-state index is -0.360. The Morgan fingerprint density at radius 1 is 1.35 bits per heavy atom. The van der Waals surface area contributed by atoms with Crippen LogP contribution in [0.25, 0.3) is 0 Å². The van der Waals surface area contributed by atoms with Gasteiger partial charge in [0, 0.05) is 10.7 Å². The summed E-state index contributed by atoms with van der Waals surface area (Å²) in [6, 6.07) is 9.36. The van der Waals surface area contributed by atoms with Crippen LogP contribution in [0.15, 0.2) is 36.4 Å². The van der Waals surface area contributed by atoms with Crippen molar-refractivity contribution < 1.29 is 13.9 Å². The summed E-state index contributed by atoms with van der Waals surface area (Å²) in [6.45, 7) is 3.93. The first-order valence-corrected chi connectivity index (χ1v) is 7.62. The van der Waals surface area contributed by atoms with E-state index in [4.69, 9.17) is 16.3 Å². The molecule has 6 heteroatoms. The second-order valence-corrected chi connectivity index (χ2v) is 5.98. The topological polar surface area (TPSA) is 41.6 Å². The number of anilines is 2. The maximum Gasteiger partial charge on any atom is 0.326 e. The largest absolute Gasteiger partial charge is 0.487 e. The van der Waals surface area contributed by atoms with E-state index < -0.39 is 0 Å². The van der Waals surface area contributed by atoms with Crippen molar-refractivity contribution in [3.05, 3.63) is 52.8 Å². The van der Waals surface area contributed by atoms with E-state index in [0.29, 0.717) is 34.3 Å². The van der Waals surface area contributed by atoms with Gasteiger partial charge in [-0.3, -0.25) is 4.90 Å². The molecule has 23 heavy (non-hydrogen) atoms. The number of ether oxygens (including phenoxy) is 1. The van der Waals surface area contributed by atoms with Crippen molar-refractivity contribution in [3.63, 3.8) is 0 Å². The van der Waals surface area contributed by atoms with Gasteiger partial charge in [-0.2, -0.15) is 0 Å². The van der Waals surface area contributed by atoms with Gasteiger partial charge in [0.1, 0.15) is 17.7 Å². The van der Waals surface area contributed by atoms with Crippen LogP contribution in [0.3, 0.4) is 0 Å². The normalized spacial score (nSPS) is 16.5. The molecule has 1 aliphatic heterocycles. The Balaban J connectivity index is 1.87. The average Bonchev–Trinajstić information content (AvgIpc) is 2.50. The summed E-state index contributed by atoms with van der Waals surface area (Å²) in [5.74, 6) is 0.236. The van der Waals surface area contributed by atoms with Crippen molar-refractivity contribution in [2.24, 2.45) is 0 Å². The number of amides is 2. The molecule has 0 unspecified atom stereocenters. The number of benzene rings is 2. The summed E-state index contributed by atoms with van der Waals surface area (Å²) in [7, 11) is 0. The highest BCUT2D eigenvalue weighted by Crippen LogP contribution is 2.36. The molecule has 0 aromatic heterocycles. The van der Waals surface area contributed by atoms with Crippen LogP contribution in [0.2, 0.25) is 5.02 Å². The van der Waals surface area contributed by atoms with E-state index in [1.165, 1.54) is 6.07 Å². The summed E-state index contributed by atoms with van der Waals surface area (Å²) in [5.41, 5.74) is 1.53. The molecule has 0 saturated heterocycles. The summed E-state index contributed by atoms with van der Waals surface area (Å²) in [6.07, 6.45) is -0.149. The third-order valence-electron chi connectivity index (χ3n) is 3.65. The third-order valence-corrected chi connectivity index (χ3v) is 3.88. The maximum atomic E-state index is 13.6. The van der Waals surface area contributed by atoms with Crippen LogP contribution >= 0.6 is 11.6 Å². The molecule has 2 aromatic rings. The molecule has 0 fully saturated rings. The fourth-order valence-electron chi connectivity index (χ4n) is 2.46. The van der Waals surface area contributed by atoms with E-state index >= 15 is 0 Å². The molecule has 2 aromatic carbocycles. The number of nitrogens with one attached hydrogen (secondary N) is 1. The first-order chi connectivity index (χ1) is 10.9. The van der Waals surface area contributed by atoms with Gasteiger partial charge in [0.2, 0.25) is 0 Å². The molecule has 1 atom stereocenters. The summed E-state index contributed by atoms with van der Waals surface area (Å²) < 4.78 is 19.3. The quantitative estimate of drug-likeness (QED) is 0.827. The van der Waals surface area contributed by atoms with Gasteiger partial charge in [-0.25, -0.2) is 9.18 Å². The monoisotopic (exact) mass is 334 g/mol. The lowest BCUT2D eigenvalue weighted by atomic mass is 10.2. The predicted octanol–water partition coefficient (Wildman–Crippen LogP) is 4.61. The van der Waals surface area contributed by atoms with E-state index in [9.17, 15) is 9.18 Å². The number of aryl methyl sites for hydroxylation is 1. The Morgan fingerprint density at radius 2 is 2.13 bits per heavy atom. The Hall–Kier alpha value is -2.27. The zero-order chi connectivity index (χ0) is 16.6. The Kier molecular flexibility index (Phi) is 4.13. The lowest BCUT2D eigenvalue weighted by molar-refractivity contribution is 0.208. The molecule has 0 aliphatic carbocycles. The summed E-state index contributed by atoms with van der Waals surface area (Å²) in [5, 5.41) is 3.22. The smallest absolute Gasteiger partial charge is 0.326 e. The first-order valence-electron chi connectivity index (χ1n) is 7.25. The number of hydrogen-bond donors (Lipinski definition) is 1. The molecule has 1 aliphatic rings. The van der Waals surface area contributed by atoms with E-state index in [0.717, 1.165) is 0 Å². The minimum absolute atomic E-state index is 0.149. The second kappa shape index (κ2) is 6.08. The minimum Gasteiger partial charge on any atom is -0.487 e. The fourth-order valence-corrected chi connectivity index (χ4v) is 2.63. The molecule has 3 rings (SSSR count). The van der Waals surface area contributed by atoms with Crippen LogP contribution in [0.4, 0.5) is 20.6 Å². The Morgan fingerprint density at radius 3 is 2.87 bits per heavy atom. The van der Waals surface area contributed by atoms with Crippen LogP contribution < -0.4 is 15.0 Å². The molecule has 1 N–H and O–H groups in total. The standard InChI is InChI=1S/C17H16ClFN2O2/c1-10-3-5-13(8-14(10)19)20-17(22)21-9-11(2)23-16-6-4-12(18)7-15(16)21/h3-8,11H,9H2,1-2H3,(H,20,22)/t11-/m0/s1.